The lowest BCUT2D eigenvalue weighted by atomic mass is 9.65. The zero-order valence-electron chi connectivity index (χ0n) is 14.2. The standard InChI is InChI=1S/C19H17FN2O4/c1-26-16-7-6-12(10-15(16)22(24)25)18(23)21-11-19(8-3-9-19)17-13(20)4-2-5-14(17)21/h2,4-7,10H,3,8-9,11H2,1H3. The van der Waals surface area contributed by atoms with Crippen LogP contribution in [0, 0.1) is 15.9 Å². The van der Waals surface area contributed by atoms with Crippen molar-refractivity contribution in [3.05, 3.63) is 63.5 Å². The van der Waals surface area contributed by atoms with E-state index in [0.29, 0.717) is 17.8 Å². The van der Waals surface area contributed by atoms with Gasteiger partial charge in [-0.25, -0.2) is 4.39 Å². The van der Waals surface area contributed by atoms with Gasteiger partial charge in [0.2, 0.25) is 0 Å². The van der Waals surface area contributed by atoms with Crippen molar-refractivity contribution in [2.75, 3.05) is 18.6 Å². The van der Waals surface area contributed by atoms with Crippen LogP contribution < -0.4 is 9.64 Å². The van der Waals surface area contributed by atoms with Gasteiger partial charge in [0.25, 0.3) is 5.91 Å². The predicted molar refractivity (Wildman–Crippen MR) is 93.3 cm³/mol. The third kappa shape index (κ3) is 2.27. The maximum absolute atomic E-state index is 14.5. The molecule has 0 aromatic heterocycles. The Balaban J connectivity index is 1.76. The number of nitro groups is 1. The first-order chi connectivity index (χ1) is 12.5. The summed E-state index contributed by atoms with van der Waals surface area (Å²) >= 11 is 0. The number of nitrogens with zero attached hydrogens (tertiary/aromatic N) is 2. The summed E-state index contributed by atoms with van der Waals surface area (Å²) in [5.41, 5.74) is 0.754. The summed E-state index contributed by atoms with van der Waals surface area (Å²) in [6.45, 7) is 0.405. The SMILES string of the molecule is COc1ccc(C(=O)N2CC3(CCC3)c3c(F)cccc32)cc1[N+](=O)[O-]. The summed E-state index contributed by atoms with van der Waals surface area (Å²) in [4.78, 5) is 25.3. The number of amides is 1. The van der Waals surface area contributed by atoms with Crippen molar-refractivity contribution in [2.45, 2.75) is 24.7 Å². The lowest BCUT2D eigenvalue weighted by molar-refractivity contribution is -0.385. The maximum Gasteiger partial charge on any atom is 0.311 e. The lowest BCUT2D eigenvalue weighted by Crippen LogP contribution is -2.41. The molecule has 0 N–H and O–H groups in total. The first-order valence-corrected chi connectivity index (χ1v) is 8.40. The molecule has 4 rings (SSSR count). The molecule has 1 fully saturated rings. The molecule has 2 aromatic rings. The van der Waals surface area contributed by atoms with E-state index in [9.17, 15) is 19.3 Å². The van der Waals surface area contributed by atoms with Crippen LogP contribution in [0.5, 0.6) is 5.75 Å². The molecule has 0 radical (unpaired) electrons. The summed E-state index contributed by atoms with van der Waals surface area (Å²) in [5, 5.41) is 11.2. The molecule has 134 valence electrons. The van der Waals surface area contributed by atoms with Gasteiger partial charge in [-0.15, -0.1) is 0 Å². The van der Waals surface area contributed by atoms with Crippen LogP contribution in [0.25, 0.3) is 0 Å². The highest BCUT2D eigenvalue weighted by atomic mass is 19.1. The zero-order chi connectivity index (χ0) is 18.5. The fourth-order valence-electron chi connectivity index (χ4n) is 4.04. The van der Waals surface area contributed by atoms with Crippen molar-refractivity contribution in [3.8, 4) is 5.75 Å². The number of anilines is 1. The Labute approximate surface area is 149 Å². The van der Waals surface area contributed by atoms with Gasteiger partial charge in [-0.2, -0.15) is 0 Å². The highest BCUT2D eigenvalue weighted by molar-refractivity contribution is 6.08. The molecule has 6 nitrogen and oxygen atoms in total. The highest BCUT2D eigenvalue weighted by Crippen LogP contribution is 2.53. The van der Waals surface area contributed by atoms with Crippen molar-refractivity contribution in [2.24, 2.45) is 0 Å². The fraction of sp³-hybridized carbons (Fsp3) is 0.316. The number of benzene rings is 2. The molecule has 1 heterocycles. The molecule has 26 heavy (non-hydrogen) atoms. The number of nitro benzene ring substituents is 1. The van der Waals surface area contributed by atoms with E-state index in [4.69, 9.17) is 4.74 Å². The Morgan fingerprint density at radius 1 is 1.31 bits per heavy atom. The van der Waals surface area contributed by atoms with Crippen molar-refractivity contribution in [3.63, 3.8) is 0 Å². The third-order valence-electron chi connectivity index (χ3n) is 5.45. The van der Waals surface area contributed by atoms with Crippen molar-refractivity contribution in [1.82, 2.24) is 0 Å². The Hall–Kier alpha value is -2.96. The molecule has 0 saturated heterocycles. The maximum atomic E-state index is 14.5. The van der Waals surface area contributed by atoms with E-state index < -0.39 is 4.92 Å². The Morgan fingerprint density at radius 2 is 2.08 bits per heavy atom. The monoisotopic (exact) mass is 356 g/mol. The van der Waals surface area contributed by atoms with Crippen LogP contribution in [0.1, 0.15) is 35.2 Å². The van der Waals surface area contributed by atoms with E-state index in [1.807, 2.05) is 0 Å². The van der Waals surface area contributed by atoms with Crippen LogP contribution in [0.3, 0.4) is 0 Å². The van der Waals surface area contributed by atoms with Gasteiger partial charge in [0.1, 0.15) is 5.82 Å². The topological polar surface area (TPSA) is 72.7 Å². The van der Waals surface area contributed by atoms with Gasteiger partial charge >= 0.3 is 5.69 Å². The van der Waals surface area contributed by atoms with Crippen LogP contribution in [0.15, 0.2) is 36.4 Å². The molecule has 7 heteroatoms. The first kappa shape index (κ1) is 16.5. The molecule has 1 spiro atoms. The molecule has 1 aliphatic heterocycles. The van der Waals surface area contributed by atoms with Gasteiger partial charge < -0.3 is 9.64 Å². The smallest absolute Gasteiger partial charge is 0.311 e. The van der Waals surface area contributed by atoms with Crippen LogP contribution >= 0.6 is 0 Å². The number of rotatable bonds is 3. The Bertz CT molecular complexity index is 924. The van der Waals surface area contributed by atoms with E-state index in [-0.39, 0.29) is 34.1 Å². The summed E-state index contributed by atoms with van der Waals surface area (Å²) in [6, 6.07) is 8.87. The van der Waals surface area contributed by atoms with E-state index in [0.717, 1.165) is 19.3 Å². The average Bonchev–Trinajstić information content (AvgIpc) is 2.97. The minimum atomic E-state index is -0.583. The number of carbonyl (C=O) groups excluding carboxylic acids is 1. The highest BCUT2D eigenvalue weighted by Gasteiger charge is 2.50. The van der Waals surface area contributed by atoms with Crippen molar-refractivity contribution in [1.29, 1.82) is 0 Å². The van der Waals surface area contributed by atoms with Crippen molar-refractivity contribution >= 4 is 17.3 Å². The van der Waals surface area contributed by atoms with Crippen molar-refractivity contribution < 1.29 is 18.8 Å². The van der Waals surface area contributed by atoms with Gasteiger partial charge in [0.15, 0.2) is 5.75 Å². The fourth-order valence-corrected chi connectivity index (χ4v) is 4.04. The molecule has 0 bridgehead atoms. The summed E-state index contributed by atoms with van der Waals surface area (Å²) < 4.78 is 19.5. The van der Waals surface area contributed by atoms with Crippen LogP contribution in [-0.4, -0.2) is 24.5 Å². The molecule has 1 aliphatic carbocycles. The second-order valence-corrected chi connectivity index (χ2v) is 6.80. The number of fused-ring (bicyclic) bond motifs is 2. The van der Waals surface area contributed by atoms with Gasteiger partial charge in [-0.1, -0.05) is 12.5 Å². The number of methoxy groups -OCH3 is 1. The normalized spacial score (nSPS) is 16.9. The molecular formula is C19H17FN2O4. The van der Waals surface area contributed by atoms with Crippen LogP contribution in [0.2, 0.25) is 0 Å². The first-order valence-electron chi connectivity index (χ1n) is 8.40. The Morgan fingerprint density at radius 3 is 2.69 bits per heavy atom. The molecule has 1 amide bonds. The van der Waals surface area contributed by atoms with Gasteiger partial charge in [-0.3, -0.25) is 14.9 Å². The Kier molecular flexibility index (Phi) is 3.68. The largest absolute Gasteiger partial charge is 0.490 e. The summed E-state index contributed by atoms with van der Waals surface area (Å²) in [5.74, 6) is -0.570. The lowest BCUT2D eigenvalue weighted by Gasteiger charge is -2.39. The molecular weight excluding hydrogens is 339 g/mol. The average molecular weight is 356 g/mol. The van der Waals surface area contributed by atoms with E-state index in [2.05, 4.69) is 0 Å². The third-order valence-corrected chi connectivity index (χ3v) is 5.45. The molecule has 0 unspecified atom stereocenters. The molecule has 2 aromatic carbocycles. The number of hydrogen-bond donors (Lipinski definition) is 0. The minimum absolute atomic E-state index is 0.0925. The van der Waals surface area contributed by atoms with Gasteiger partial charge in [-0.05, 0) is 37.1 Å². The number of ether oxygens (including phenoxy) is 1. The predicted octanol–water partition coefficient (Wildman–Crippen LogP) is 3.82. The minimum Gasteiger partial charge on any atom is -0.490 e. The van der Waals surface area contributed by atoms with E-state index in [1.54, 1.807) is 17.0 Å². The molecule has 0 atom stereocenters. The number of hydrogen-bond acceptors (Lipinski definition) is 4. The summed E-state index contributed by atoms with van der Waals surface area (Å²) in [7, 11) is 1.34. The van der Waals surface area contributed by atoms with Crippen LogP contribution in [-0.2, 0) is 5.41 Å². The summed E-state index contributed by atoms with van der Waals surface area (Å²) in [6.07, 6.45) is 2.69. The van der Waals surface area contributed by atoms with Crippen LogP contribution in [0.4, 0.5) is 15.8 Å². The number of carbonyl (C=O) groups is 1. The van der Waals surface area contributed by atoms with Gasteiger partial charge in [0.05, 0.1) is 17.7 Å². The van der Waals surface area contributed by atoms with Gasteiger partial charge in [0, 0.05) is 29.2 Å². The van der Waals surface area contributed by atoms with E-state index >= 15 is 0 Å². The zero-order valence-corrected chi connectivity index (χ0v) is 14.2. The second-order valence-electron chi connectivity index (χ2n) is 6.80. The second kappa shape index (κ2) is 5.79. The quantitative estimate of drug-likeness (QED) is 0.619. The molecule has 1 saturated carbocycles. The van der Waals surface area contributed by atoms with E-state index in [1.165, 1.54) is 31.4 Å². The molecule has 2 aliphatic rings. The number of halogens is 1.